The van der Waals surface area contributed by atoms with Crippen LogP contribution < -0.4 is 0 Å². The monoisotopic (exact) mass is 618 g/mol. The normalized spacial score (nSPS) is 6.07. The molecule has 0 atom stereocenters. The van der Waals surface area contributed by atoms with E-state index in [4.69, 9.17) is 79.2 Å². The van der Waals surface area contributed by atoms with Gasteiger partial charge in [0.1, 0.15) is 0 Å². The first-order valence-corrected chi connectivity index (χ1v) is 5.17. The number of carboxylic acids is 8. The largest absolute Gasteiger partial charge is 0.481 e. The Morgan fingerprint density at radius 2 is 0.400 bits per heavy atom. The maximum Gasteiger partial charge on any atom is 0.414 e. The van der Waals surface area contributed by atoms with Gasteiger partial charge in [0.2, 0.25) is 0 Å². The predicted molar refractivity (Wildman–Crippen MR) is 72.4 cm³/mol. The fraction of sp³-hybridized carbons (Fsp3) is 0.200. The van der Waals surface area contributed by atoms with Crippen molar-refractivity contribution in [3.05, 3.63) is 0 Å². The molecule has 0 saturated carbocycles. The molecule has 0 spiro atoms. The van der Waals surface area contributed by atoms with Crippen molar-refractivity contribution >= 4 is 47.8 Å². The molecule has 0 aromatic rings. The fourth-order valence-corrected chi connectivity index (χ4v) is 0. The van der Waals surface area contributed by atoms with Crippen molar-refractivity contribution in [3.8, 4) is 0 Å². The summed E-state index contributed by atoms with van der Waals surface area (Å²) >= 11 is 0. The second-order valence-corrected chi connectivity index (χ2v) is 2.87. The quantitative estimate of drug-likeness (QED) is 0.104. The molecule has 0 aliphatic rings. The molecule has 0 aromatic carbocycles. The van der Waals surface area contributed by atoms with Gasteiger partial charge < -0.3 is 40.9 Å². The molecule has 0 aliphatic carbocycles. The summed E-state index contributed by atoms with van der Waals surface area (Å²) in [5.74, 6) is -12.6. The van der Waals surface area contributed by atoms with Gasteiger partial charge in [-0.25, -0.2) is 28.8 Å². The van der Waals surface area contributed by atoms with Gasteiger partial charge in [-0.3, -0.25) is 9.59 Å². The van der Waals surface area contributed by atoms with E-state index in [0.717, 1.165) is 13.8 Å². The van der Waals surface area contributed by atoms with Gasteiger partial charge in [-0.05, 0) is 0 Å². The van der Waals surface area contributed by atoms with Crippen molar-refractivity contribution in [2.45, 2.75) is 13.8 Å². The third-order valence-electron chi connectivity index (χ3n) is 0.549. The minimum Gasteiger partial charge on any atom is -0.481 e. The topological polar surface area (TPSA) is 298 Å². The molecule has 0 aromatic heterocycles. The van der Waals surface area contributed by atoms with Crippen LogP contribution in [-0.2, 0) is 105 Å². The molecule has 16 nitrogen and oxygen atoms in total. The molecule has 0 bridgehead atoms. The molecule has 186 valence electrons. The Bertz CT molecular complexity index is 437. The first kappa shape index (κ1) is 56.5. The van der Waals surface area contributed by atoms with Crippen LogP contribution in [0.3, 0.4) is 0 Å². The number of aliphatic carboxylic acids is 8. The number of hydrogen-bond donors (Lipinski definition) is 8. The van der Waals surface area contributed by atoms with Crippen LogP contribution in [0.2, 0.25) is 0 Å². The van der Waals surface area contributed by atoms with Crippen LogP contribution in [0.4, 0.5) is 0 Å². The van der Waals surface area contributed by atoms with E-state index < -0.39 is 47.8 Å². The molecule has 0 radical (unpaired) electrons. The second-order valence-electron chi connectivity index (χ2n) is 2.87. The third kappa shape index (κ3) is 165. The third-order valence-corrected chi connectivity index (χ3v) is 0.549. The predicted octanol–water partition coefficient (Wildman–Crippen LogP) is -2.36. The first-order valence-electron chi connectivity index (χ1n) is 5.17. The van der Waals surface area contributed by atoms with E-state index in [0.29, 0.717) is 0 Å². The van der Waals surface area contributed by atoms with Gasteiger partial charge in [-0.1, -0.05) is 0 Å². The Hall–Kier alpha value is -2.21. The molecular weight excluding hydrogens is 605 g/mol. The van der Waals surface area contributed by atoms with E-state index in [1.807, 2.05) is 0 Å². The van der Waals surface area contributed by atoms with Crippen LogP contribution in [0.15, 0.2) is 0 Å². The maximum atomic E-state index is 9.10. The van der Waals surface area contributed by atoms with Crippen LogP contribution >= 0.6 is 0 Å². The van der Waals surface area contributed by atoms with E-state index in [2.05, 4.69) is 0 Å². The maximum absolute atomic E-state index is 9.10. The van der Waals surface area contributed by atoms with Gasteiger partial charge in [-0.15, -0.1) is 0 Å². The number of rotatable bonds is 0. The van der Waals surface area contributed by atoms with Crippen molar-refractivity contribution in [1.82, 2.24) is 0 Å². The molecule has 0 saturated heterocycles. The first-order chi connectivity index (χ1) is 11.4. The molecule has 20 heteroatoms. The molecule has 0 amide bonds. The van der Waals surface area contributed by atoms with Crippen LogP contribution in [0.25, 0.3) is 0 Å². The van der Waals surface area contributed by atoms with Gasteiger partial charge in [0.25, 0.3) is 11.9 Å². The zero-order chi connectivity index (χ0) is 22.6. The Balaban J connectivity index is -0.0000000257. The number of hydrogen-bond acceptors (Lipinski definition) is 8. The van der Waals surface area contributed by atoms with Crippen molar-refractivity contribution in [2.24, 2.45) is 0 Å². The summed E-state index contributed by atoms with van der Waals surface area (Å²) < 4.78 is 0. The average molecular weight is 619 g/mol. The second kappa shape index (κ2) is 37.5. The molecule has 0 fully saturated rings. The Morgan fingerprint density at radius 3 is 0.400 bits per heavy atom. The average Bonchev–Trinajstić information content (AvgIpc) is 2.38. The van der Waals surface area contributed by atoms with Crippen LogP contribution in [-0.4, -0.2) is 88.6 Å². The molecule has 30 heavy (non-hydrogen) atoms. The summed E-state index contributed by atoms with van der Waals surface area (Å²) in [5, 5.41) is 59.2. The van der Waals surface area contributed by atoms with E-state index in [9.17, 15) is 0 Å². The zero-order valence-electron chi connectivity index (χ0n) is 14.2. The van der Waals surface area contributed by atoms with E-state index in [1.54, 1.807) is 0 Å². The minimum absolute atomic E-state index is 0. The molecule has 0 unspecified atom stereocenters. The standard InChI is InChI=1S/3C2H2O4.2C2H4O2.2Fe.2Ni/c3*3-1(4)2(5)6;2*1-2(3)4;;;;/h3*(H,3,4)(H,5,6);2*1H3,(H,3,4);;;;. The van der Waals surface area contributed by atoms with Gasteiger partial charge in [0, 0.05) is 81.0 Å². The van der Waals surface area contributed by atoms with Crippen LogP contribution in [0.1, 0.15) is 13.8 Å². The van der Waals surface area contributed by atoms with E-state index in [-0.39, 0.29) is 67.1 Å². The minimum atomic E-state index is -1.82. The zero-order valence-corrected chi connectivity index (χ0v) is 18.4. The van der Waals surface area contributed by atoms with Gasteiger partial charge in [0.05, 0.1) is 0 Å². The summed E-state index contributed by atoms with van der Waals surface area (Å²) in [6.45, 7) is 2.17. The SMILES string of the molecule is CC(=O)O.CC(=O)O.O=C(O)C(=O)O.O=C(O)C(=O)O.O=C(O)C(=O)O.[Fe].[Fe].[Ni].[Ni]. The van der Waals surface area contributed by atoms with Gasteiger partial charge in [0.15, 0.2) is 0 Å². The Kier molecular flexibility index (Phi) is 70.7. The summed E-state index contributed by atoms with van der Waals surface area (Å²) in [6.07, 6.45) is 0. The molecule has 8 N–H and O–H groups in total. The van der Waals surface area contributed by atoms with Crippen molar-refractivity contribution < 1.29 is 146 Å². The summed E-state index contributed by atoms with van der Waals surface area (Å²) in [4.78, 5) is 72.6. The molecule has 0 rings (SSSR count). The van der Waals surface area contributed by atoms with Crippen LogP contribution in [0, 0.1) is 0 Å². The summed E-state index contributed by atoms with van der Waals surface area (Å²) in [5.41, 5.74) is 0. The smallest absolute Gasteiger partial charge is 0.414 e. The Morgan fingerprint density at radius 1 is 0.367 bits per heavy atom. The molecule has 0 heterocycles. The number of carbonyl (C=O) groups is 8. The Labute approximate surface area is 207 Å². The van der Waals surface area contributed by atoms with Crippen molar-refractivity contribution in [1.29, 1.82) is 0 Å². The van der Waals surface area contributed by atoms with Gasteiger partial charge >= 0.3 is 35.8 Å². The summed E-state index contributed by atoms with van der Waals surface area (Å²) in [6, 6.07) is 0. The van der Waals surface area contributed by atoms with Gasteiger partial charge in [-0.2, -0.15) is 0 Å². The van der Waals surface area contributed by atoms with E-state index >= 15 is 0 Å². The molecular formula is C10H14Fe2Ni2O16. The van der Waals surface area contributed by atoms with E-state index in [1.165, 1.54) is 0 Å². The summed E-state index contributed by atoms with van der Waals surface area (Å²) in [7, 11) is 0. The number of carboxylic acid groups (broad SMARTS) is 8. The molecule has 0 aliphatic heterocycles. The van der Waals surface area contributed by atoms with Crippen molar-refractivity contribution in [3.63, 3.8) is 0 Å². The van der Waals surface area contributed by atoms with Crippen molar-refractivity contribution in [2.75, 3.05) is 0 Å². The van der Waals surface area contributed by atoms with Crippen LogP contribution in [0.5, 0.6) is 0 Å². The fourth-order valence-electron chi connectivity index (χ4n) is 0.